The first-order valence-corrected chi connectivity index (χ1v) is 4.81. The molecule has 3 rings (SSSR count). The maximum atomic E-state index is 11.0. The van der Waals surface area contributed by atoms with E-state index in [2.05, 4.69) is 20.0 Å². The molecule has 0 saturated carbocycles. The van der Waals surface area contributed by atoms with Crippen molar-refractivity contribution in [2.24, 2.45) is 20.0 Å². The Hall–Kier alpha value is -1.30. The van der Waals surface area contributed by atoms with Gasteiger partial charge in [0.15, 0.2) is 5.84 Å². The van der Waals surface area contributed by atoms with Crippen molar-refractivity contribution in [1.82, 2.24) is 0 Å². The van der Waals surface area contributed by atoms with Crippen LogP contribution in [0.5, 0.6) is 5.75 Å². The van der Waals surface area contributed by atoms with E-state index in [0.29, 0.717) is 5.84 Å². The average Bonchev–Trinajstić information content (AvgIpc) is 2.78. The van der Waals surface area contributed by atoms with Crippen LogP contribution in [0.1, 0.15) is 11.6 Å². The van der Waals surface area contributed by atoms with Crippen molar-refractivity contribution in [3.05, 3.63) is 29.8 Å². The molecule has 2 heterocycles. The van der Waals surface area contributed by atoms with E-state index in [1.807, 2.05) is 0 Å². The molecule has 0 aliphatic carbocycles. The van der Waals surface area contributed by atoms with Gasteiger partial charge in [-0.3, -0.25) is 4.99 Å². The molecule has 2 aliphatic heterocycles. The molecule has 6 heteroatoms. The molecule has 17 heavy (non-hydrogen) atoms. The van der Waals surface area contributed by atoms with Crippen molar-refractivity contribution in [3.8, 4) is 5.75 Å². The Kier molecular flexibility index (Phi) is 3.51. The van der Waals surface area contributed by atoms with Crippen molar-refractivity contribution in [3.63, 3.8) is 0 Å². The zero-order chi connectivity index (χ0) is 11.0. The number of hydrogen-bond acceptors (Lipinski definition) is 5. The van der Waals surface area contributed by atoms with Crippen LogP contribution in [-0.2, 0) is 0 Å². The minimum absolute atomic E-state index is 0. The fourth-order valence-corrected chi connectivity index (χ4v) is 1.68. The Morgan fingerprint density at radius 1 is 1.00 bits per heavy atom. The summed E-state index contributed by atoms with van der Waals surface area (Å²) in [6, 6.07) is 6.36. The van der Waals surface area contributed by atoms with Crippen LogP contribution in [0.3, 0.4) is 0 Å². The summed E-state index contributed by atoms with van der Waals surface area (Å²) in [6.07, 6.45) is 2.95. The molecule has 78 valence electrons. The maximum Gasteiger partial charge on any atom is 1.00 e. The molecule has 1 aromatic carbocycles. The molecule has 5 nitrogen and oxygen atoms in total. The predicted octanol–water partition coefficient (Wildman–Crippen LogP) is -2.27. The zero-order valence-corrected chi connectivity index (χ0v) is 11.2. The van der Waals surface area contributed by atoms with Crippen LogP contribution >= 0.6 is 0 Å². The SMILES string of the molecule is [Na+].[O-]c1ccc(C2N=CN=C3N=CN=C32)cc1. The van der Waals surface area contributed by atoms with Gasteiger partial charge < -0.3 is 5.11 Å². The van der Waals surface area contributed by atoms with Crippen LogP contribution in [0.25, 0.3) is 0 Å². The van der Waals surface area contributed by atoms with Gasteiger partial charge in [-0.1, -0.05) is 24.3 Å². The van der Waals surface area contributed by atoms with Gasteiger partial charge in [-0.05, 0) is 5.56 Å². The number of fused-ring (bicyclic) bond motifs is 1. The Balaban J connectivity index is 0.00000108. The monoisotopic (exact) mass is 234 g/mol. The second kappa shape index (κ2) is 4.91. The van der Waals surface area contributed by atoms with Crippen LogP contribution < -0.4 is 34.7 Å². The van der Waals surface area contributed by atoms with E-state index in [9.17, 15) is 5.11 Å². The first kappa shape index (κ1) is 12.2. The molecule has 0 N–H and O–H groups in total. The maximum absolute atomic E-state index is 11.0. The third kappa shape index (κ3) is 2.22. The number of nitrogens with zero attached hydrogens (tertiary/aromatic N) is 4. The second-order valence-corrected chi connectivity index (χ2v) is 3.45. The van der Waals surface area contributed by atoms with Gasteiger partial charge in [0.1, 0.15) is 24.4 Å². The summed E-state index contributed by atoms with van der Waals surface area (Å²) in [7, 11) is 0. The van der Waals surface area contributed by atoms with Gasteiger partial charge in [-0.2, -0.15) is 0 Å². The quantitative estimate of drug-likeness (QED) is 0.505. The van der Waals surface area contributed by atoms with Crippen molar-refractivity contribution >= 4 is 24.2 Å². The van der Waals surface area contributed by atoms with Crippen molar-refractivity contribution in [1.29, 1.82) is 0 Å². The third-order valence-corrected chi connectivity index (χ3v) is 2.46. The van der Waals surface area contributed by atoms with Gasteiger partial charge in [0.2, 0.25) is 0 Å². The van der Waals surface area contributed by atoms with Crippen LogP contribution in [0.4, 0.5) is 0 Å². The predicted molar refractivity (Wildman–Crippen MR) is 60.5 cm³/mol. The van der Waals surface area contributed by atoms with Gasteiger partial charge in [0.05, 0.1) is 0 Å². The van der Waals surface area contributed by atoms with E-state index >= 15 is 0 Å². The average molecular weight is 234 g/mol. The first-order chi connectivity index (χ1) is 7.84. The van der Waals surface area contributed by atoms with E-state index in [0.717, 1.165) is 11.3 Å². The molecule has 0 aromatic heterocycles. The number of benzene rings is 1. The second-order valence-electron chi connectivity index (χ2n) is 3.45. The van der Waals surface area contributed by atoms with Crippen LogP contribution in [-0.4, -0.2) is 24.2 Å². The van der Waals surface area contributed by atoms with Gasteiger partial charge in [0, 0.05) is 0 Å². The number of amidine groups is 1. The zero-order valence-electron chi connectivity index (χ0n) is 9.24. The summed E-state index contributed by atoms with van der Waals surface area (Å²) >= 11 is 0. The molecule has 0 spiro atoms. The molecule has 0 saturated heterocycles. The van der Waals surface area contributed by atoms with E-state index < -0.39 is 0 Å². The minimum Gasteiger partial charge on any atom is -0.872 e. The fourth-order valence-electron chi connectivity index (χ4n) is 1.68. The van der Waals surface area contributed by atoms with Crippen molar-refractivity contribution < 1.29 is 34.7 Å². The van der Waals surface area contributed by atoms with Gasteiger partial charge >= 0.3 is 29.6 Å². The summed E-state index contributed by atoms with van der Waals surface area (Å²) in [5.41, 5.74) is 1.66. The standard InChI is InChI=1S/C11H8N4O.Na/c16-8-3-1-7(2-4-8)9-10-11(14-5-12-9)15-6-13-10;/h1-6,9,16H;/q;+1/p-1. The molecule has 1 unspecified atom stereocenters. The fraction of sp³-hybridized carbons (Fsp3) is 0.0909. The van der Waals surface area contributed by atoms with Gasteiger partial charge in [-0.25, -0.2) is 15.0 Å². The molecular formula is C11H7N4NaO. The Bertz CT molecular complexity index is 545. The normalized spacial score (nSPS) is 20.4. The van der Waals surface area contributed by atoms with Gasteiger partial charge in [-0.15, -0.1) is 5.75 Å². The van der Waals surface area contributed by atoms with Gasteiger partial charge in [0.25, 0.3) is 0 Å². The Morgan fingerprint density at radius 3 is 2.53 bits per heavy atom. The van der Waals surface area contributed by atoms with Crippen LogP contribution in [0, 0.1) is 0 Å². The van der Waals surface area contributed by atoms with E-state index in [1.54, 1.807) is 12.1 Å². The summed E-state index contributed by atoms with van der Waals surface area (Å²) in [6.45, 7) is 0. The third-order valence-electron chi connectivity index (χ3n) is 2.46. The van der Waals surface area contributed by atoms with Crippen molar-refractivity contribution in [2.75, 3.05) is 0 Å². The molecule has 2 aliphatic rings. The summed E-state index contributed by atoms with van der Waals surface area (Å²) < 4.78 is 0. The van der Waals surface area contributed by atoms with Crippen molar-refractivity contribution in [2.45, 2.75) is 6.04 Å². The summed E-state index contributed by atoms with van der Waals surface area (Å²) in [4.78, 5) is 16.4. The minimum atomic E-state index is -0.199. The van der Waals surface area contributed by atoms with E-state index in [1.165, 1.54) is 24.8 Å². The van der Waals surface area contributed by atoms with Crippen LogP contribution in [0.2, 0.25) is 0 Å². The number of aliphatic imine (C=N–C) groups is 4. The smallest absolute Gasteiger partial charge is 0.872 e. The molecule has 1 atom stereocenters. The topological polar surface area (TPSA) is 72.5 Å². The Morgan fingerprint density at radius 2 is 1.76 bits per heavy atom. The Labute approximate surface area is 120 Å². The van der Waals surface area contributed by atoms with Crippen LogP contribution in [0.15, 0.2) is 44.2 Å². The molecule has 0 bridgehead atoms. The summed E-state index contributed by atoms with van der Waals surface area (Å²) in [5.74, 6) is 0.591. The van der Waals surface area contributed by atoms with E-state index in [-0.39, 0.29) is 41.3 Å². The number of rotatable bonds is 1. The molecule has 0 radical (unpaired) electrons. The first-order valence-electron chi connectivity index (χ1n) is 4.81. The molecular weight excluding hydrogens is 227 g/mol. The molecule has 0 amide bonds. The largest absolute Gasteiger partial charge is 1.00 e. The van der Waals surface area contributed by atoms with E-state index in [4.69, 9.17) is 0 Å². The molecule has 0 fully saturated rings. The number of hydrogen-bond donors (Lipinski definition) is 0. The summed E-state index contributed by atoms with van der Waals surface area (Å²) in [5, 5.41) is 11.0. The molecule has 1 aromatic rings.